The van der Waals surface area contributed by atoms with E-state index in [1.807, 2.05) is 18.2 Å². The van der Waals surface area contributed by atoms with Gasteiger partial charge in [-0.05, 0) is 25.0 Å². The zero-order chi connectivity index (χ0) is 13.7. The number of hydrogen-bond donors (Lipinski definition) is 4. The average molecular weight is 262 g/mol. The SMILES string of the molecule is N/C(=N/O)C1(NC(=O)Nc2ccccc2)CCCC1. The summed E-state index contributed by atoms with van der Waals surface area (Å²) in [5.74, 6) is 0.0632. The van der Waals surface area contributed by atoms with Gasteiger partial charge < -0.3 is 21.6 Å². The number of oxime groups is 1. The quantitative estimate of drug-likeness (QED) is 0.289. The molecule has 2 amide bonds. The number of amidine groups is 1. The van der Waals surface area contributed by atoms with Crippen molar-refractivity contribution in [3.05, 3.63) is 30.3 Å². The number of nitrogens with zero attached hydrogens (tertiary/aromatic N) is 1. The van der Waals surface area contributed by atoms with E-state index in [1.54, 1.807) is 12.1 Å². The van der Waals surface area contributed by atoms with Crippen molar-refractivity contribution in [2.45, 2.75) is 31.2 Å². The molecule has 1 fully saturated rings. The van der Waals surface area contributed by atoms with E-state index in [4.69, 9.17) is 10.9 Å². The Kier molecular flexibility index (Phi) is 3.89. The molecule has 102 valence electrons. The molecule has 6 nitrogen and oxygen atoms in total. The van der Waals surface area contributed by atoms with Crippen molar-refractivity contribution in [3.8, 4) is 0 Å². The van der Waals surface area contributed by atoms with Crippen molar-refractivity contribution < 1.29 is 10.0 Å². The highest BCUT2D eigenvalue weighted by atomic mass is 16.4. The minimum atomic E-state index is -0.729. The van der Waals surface area contributed by atoms with Crippen LogP contribution in [0.4, 0.5) is 10.5 Å². The van der Waals surface area contributed by atoms with Gasteiger partial charge in [0.15, 0.2) is 5.84 Å². The van der Waals surface area contributed by atoms with Crippen molar-refractivity contribution in [1.82, 2.24) is 5.32 Å². The molecule has 0 atom stereocenters. The first-order valence-corrected chi connectivity index (χ1v) is 6.28. The van der Waals surface area contributed by atoms with Gasteiger partial charge in [-0.3, -0.25) is 0 Å². The highest BCUT2D eigenvalue weighted by Crippen LogP contribution is 2.30. The van der Waals surface area contributed by atoms with E-state index < -0.39 is 5.54 Å². The third-order valence-electron chi connectivity index (χ3n) is 3.44. The van der Waals surface area contributed by atoms with E-state index in [2.05, 4.69) is 15.8 Å². The van der Waals surface area contributed by atoms with Crippen molar-refractivity contribution >= 4 is 17.6 Å². The van der Waals surface area contributed by atoms with Crippen LogP contribution in [0, 0.1) is 0 Å². The van der Waals surface area contributed by atoms with E-state index in [0.29, 0.717) is 18.5 Å². The number of para-hydroxylation sites is 1. The number of urea groups is 1. The lowest BCUT2D eigenvalue weighted by atomic mass is 9.96. The zero-order valence-electron chi connectivity index (χ0n) is 10.6. The molecule has 0 aliphatic heterocycles. The summed E-state index contributed by atoms with van der Waals surface area (Å²) in [6.07, 6.45) is 3.26. The Balaban J connectivity index is 2.04. The lowest BCUT2D eigenvalue weighted by Crippen LogP contribution is -2.56. The van der Waals surface area contributed by atoms with Gasteiger partial charge in [0.05, 0.1) is 0 Å². The third-order valence-corrected chi connectivity index (χ3v) is 3.44. The van der Waals surface area contributed by atoms with Gasteiger partial charge in [0.1, 0.15) is 5.54 Å². The first-order valence-electron chi connectivity index (χ1n) is 6.28. The topological polar surface area (TPSA) is 99.7 Å². The molecule has 0 radical (unpaired) electrons. The van der Waals surface area contributed by atoms with E-state index >= 15 is 0 Å². The third kappa shape index (κ3) is 2.96. The molecular weight excluding hydrogens is 244 g/mol. The Morgan fingerprint density at radius 3 is 2.47 bits per heavy atom. The number of benzene rings is 1. The second kappa shape index (κ2) is 5.60. The molecule has 19 heavy (non-hydrogen) atoms. The van der Waals surface area contributed by atoms with Crippen molar-refractivity contribution in [1.29, 1.82) is 0 Å². The van der Waals surface area contributed by atoms with Crippen LogP contribution in [0.15, 0.2) is 35.5 Å². The molecule has 5 N–H and O–H groups in total. The highest BCUT2D eigenvalue weighted by molar-refractivity contribution is 5.97. The summed E-state index contributed by atoms with van der Waals surface area (Å²) in [6, 6.07) is 8.79. The first kappa shape index (κ1) is 13.2. The number of nitrogens with one attached hydrogen (secondary N) is 2. The second-order valence-electron chi connectivity index (χ2n) is 4.72. The van der Waals surface area contributed by atoms with Gasteiger partial charge in [0.2, 0.25) is 0 Å². The maximum absolute atomic E-state index is 12.0. The number of carbonyl (C=O) groups excluding carboxylic acids is 1. The fourth-order valence-corrected chi connectivity index (χ4v) is 2.42. The normalized spacial score (nSPS) is 18.0. The molecule has 1 aliphatic rings. The van der Waals surface area contributed by atoms with E-state index in [9.17, 15) is 4.79 Å². The molecule has 0 saturated heterocycles. The molecule has 1 aromatic carbocycles. The summed E-state index contributed by atoms with van der Waals surface area (Å²) in [5.41, 5.74) is 5.69. The Hall–Kier alpha value is -2.24. The molecule has 0 bridgehead atoms. The van der Waals surface area contributed by atoms with Crippen LogP contribution >= 0.6 is 0 Å². The van der Waals surface area contributed by atoms with Gasteiger partial charge in [-0.15, -0.1) is 0 Å². The Morgan fingerprint density at radius 1 is 1.26 bits per heavy atom. The van der Waals surface area contributed by atoms with E-state index in [-0.39, 0.29) is 11.9 Å². The minimum Gasteiger partial charge on any atom is -0.409 e. The van der Waals surface area contributed by atoms with Gasteiger partial charge >= 0.3 is 6.03 Å². The number of nitrogens with two attached hydrogens (primary N) is 1. The number of hydrogen-bond acceptors (Lipinski definition) is 3. The summed E-state index contributed by atoms with van der Waals surface area (Å²) < 4.78 is 0. The molecule has 0 heterocycles. The van der Waals surface area contributed by atoms with Crippen molar-refractivity contribution in [2.24, 2.45) is 10.9 Å². The molecule has 6 heteroatoms. The molecule has 1 saturated carbocycles. The molecule has 1 aliphatic carbocycles. The van der Waals surface area contributed by atoms with Gasteiger partial charge in [0.25, 0.3) is 0 Å². The number of carbonyl (C=O) groups is 1. The lowest BCUT2D eigenvalue weighted by molar-refractivity contribution is 0.243. The maximum Gasteiger partial charge on any atom is 0.320 e. The summed E-state index contributed by atoms with van der Waals surface area (Å²) in [5, 5.41) is 17.5. The Bertz CT molecular complexity index is 467. The minimum absolute atomic E-state index is 0.0632. The van der Waals surface area contributed by atoms with Gasteiger partial charge in [-0.2, -0.15) is 0 Å². The van der Waals surface area contributed by atoms with Crippen LogP contribution in [0.25, 0.3) is 0 Å². The molecule has 0 spiro atoms. The van der Waals surface area contributed by atoms with Crippen LogP contribution in [0.2, 0.25) is 0 Å². The summed E-state index contributed by atoms with van der Waals surface area (Å²) >= 11 is 0. The standard InChI is InChI=1S/C13H18N4O2/c14-11(17-19)13(8-4-5-9-13)16-12(18)15-10-6-2-1-3-7-10/h1-3,6-7,19H,4-5,8-9H2,(H2,14,17)(H2,15,16,18). The van der Waals surface area contributed by atoms with Crippen LogP contribution in [0.1, 0.15) is 25.7 Å². The Morgan fingerprint density at radius 2 is 1.89 bits per heavy atom. The van der Waals surface area contributed by atoms with Gasteiger partial charge in [-0.25, -0.2) is 4.79 Å². The van der Waals surface area contributed by atoms with Crippen LogP contribution in [-0.2, 0) is 0 Å². The maximum atomic E-state index is 12.0. The largest absolute Gasteiger partial charge is 0.409 e. The zero-order valence-corrected chi connectivity index (χ0v) is 10.6. The summed E-state index contributed by atoms with van der Waals surface area (Å²) in [6.45, 7) is 0. The van der Waals surface area contributed by atoms with Crippen molar-refractivity contribution in [3.63, 3.8) is 0 Å². The average Bonchev–Trinajstić information content (AvgIpc) is 2.88. The fraction of sp³-hybridized carbons (Fsp3) is 0.385. The first-order chi connectivity index (χ1) is 9.16. The second-order valence-corrected chi connectivity index (χ2v) is 4.72. The Labute approximate surface area is 111 Å². The van der Waals surface area contributed by atoms with Crippen LogP contribution in [0.5, 0.6) is 0 Å². The van der Waals surface area contributed by atoms with Gasteiger partial charge in [-0.1, -0.05) is 36.2 Å². The molecular formula is C13H18N4O2. The summed E-state index contributed by atoms with van der Waals surface area (Å²) in [7, 11) is 0. The highest BCUT2D eigenvalue weighted by Gasteiger charge is 2.39. The fourth-order valence-electron chi connectivity index (χ4n) is 2.42. The lowest BCUT2D eigenvalue weighted by Gasteiger charge is -2.28. The van der Waals surface area contributed by atoms with Crippen LogP contribution in [0.3, 0.4) is 0 Å². The predicted octanol–water partition coefficient (Wildman–Crippen LogP) is 1.87. The van der Waals surface area contributed by atoms with Crippen molar-refractivity contribution in [2.75, 3.05) is 5.32 Å². The van der Waals surface area contributed by atoms with Gasteiger partial charge in [0, 0.05) is 5.69 Å². The van der Waals surface area contributed by atoms with E-state index in [0.717, 1.165) is 12.8 Å². The molecule has 1 aromatic rings. The smallest absolute Gasteiger partial charge is 0.320 e. The number of rotatable bonds is 3. The molecule has 2 rings (SSSR count). The number of anilines is 1. The summed E-state index contributed by atoms with van der Waals surface area (Å²) in [4.78, 5) is 12.0. The molecule has 0 unspecified atom stereocenters. The number of amides is 2. The van der Waals surface area contributed by atoms with Crippen LogP contribution < -0.4 is 16.4 Å². The molecule has 0 aromatic heterocycles. The predicted molar refractivity (Wildman–Crippen MR) is 73.2 cm³/mol. The van der Waals surface area contributed by atoms with Crippen LogP contribution in [-0.4, -0.2) is 22.6 Å². The monoisotopic (exact) mass is 262 g/mol. The van der Waals surface area contributed by atoms with E-state index in [1.165, 1.54) is 0 Å².